The first kappa shape index (κ1) is 18.0. The number of carbonyl (C=O) groups excluding carboxylic acids is 1. The number of carbonyl (C=O) groups is 1. The van der Waals surface area contributed by atoms with Crippen LogP contribution in [0.25, 0.3) is 28.3 Å². The second-order valence-corrected chi connectivity index (χ2v) is 7.03. The normalized spacial score (nSPS) is 12.4. The van der Waals surface area contributed by atoms with Crippen LogP contribution in [0, 0.1) is 0 Å². The van der Waals surface area contributed by atoms with Gasteiger partial charge in [0.15, 0.2) is 17.3 Å². The molecule has 0 saturated carbocycles. The Balaban J connectivity index is 1.67. The molecule has 1 aromatic heterocycles. The minimum atomic E-state index is -0.397. The highest BCUT2D eigenvalue weighted by atomic mass is 16.6. The number of rotatable bonds is 3. The van der Waals surface area contributed by atoms with E-state index in [1.165, 1.54) is 6.92 Å². The van der Waals surface area contributed by atoms with Crippen molar-refractivity contribution in [3.05, 3.63) is 108 Å². The smallest absolute Gasteiger partial charge is 0.308 e. The van der Waals surface area contributed by atoms with Crippen molar-refractivity contribution in [2.45, 2.75) is 6.92 Å². The Kier molecular flexibility index (Phi) is 4.45. The second kappa shape index (κ2) is 7.41. The molecule has 5 rings (SSSR count). The highest BCUT2D eigenvalue weighted by molar-refractivity contribution is 5.91. The number of benzene rings is 3. The Hall–Kier alpha value is -4.05. The lowest BCUT2D eigenvalue weighted by Gasteiger charge is -2.14. The van der Waals surface area contributed by atoms with E-state index in [2.05, 4.69) is 12.1 Å². The Morgan fingerprint density at radius 1 is 0.767 bits per heavy atom. The van der Waals surface area contributed by atoms with E-state index in [1.54, 1.807) is 0 Å². The molecule has 1 aliphatic heterocycles. The van der Waals surface area contributed by atoms with E-state index in [1.807, 2.05) is 89.6 Å². The van der Waals surface area contributed by atoms with Crippen molar-refractivity contribution in [1.82, 2.24) is 4.57 Å². The van der Waals surface area contributed by atoms with E-state index in [4.69, 9.17) is 9.47 Å². The highest BCUT2D eigenvalue weighted by Crippen LogP contribution is 2.38. The van der Waals surface area contributed by atoms with Crippen LogP contribution >= 0.6 is 0 Å². The number of fused-ring (bicyclic) bond motifs is 3. The number of hydrogen-bond acceptors (Lipinski definition) is 3. The van der Waals surface area contributed by atoms with Gasteiger partial charge in [0.05, 0.1) is 11.4 Å². The van der Waals surface area contributed by atoms with Gasteiger partial charge in [-0.2, -0.15) is 0 Å². The molecule has 4 heteroatoms. The SMILES string of the molecule is CC(=O)OC1=C(c2ccc(-c3ccccc3)cc2)Oc2ccccc2-n2cccc21. The third-order valence-corrected chi connectivity index (χ3v) is 5.02. The molecule has 30 heavy (non-hydrogen) atoms. The monoisotopic (exact) mass is 393 g/mol. The summed E-state index contributed by atoms with van der Waals surface area (Å²) >= 11 is 0. The quantitative estimate of drug-likeness (QED) is 0.405. The van der Waals surface area contributed by atoms with Gasteiger partial charge in [-0.3, -0.25) is 4.79 Å². The van der Waals surface area contributed by atoms with Gasteiger partial charge in [0.2, 0.25) is 0 Å². The average Bonchev–Trinajstić information content (AvgIpc) is 3.22. The van der Waals surface area contributed by atoms with Crippen LogP contribution in [0.15, 0.2) is 97.2 Å². The molecular formula is C26H19NO3. The number of hydrogen-bond donors (Lipinski definition) is 0. The third-order valence-electron chi connectivity index (χ3n) is 5.02. The van der Waals surface area contributed by atoms with Gasteiger partial charge in [-0.25, -0.2) is 0 Å². The molecule has 0 N–H and O–H groups in total. The lowest BCUT2D eigenvalue weighted by Crippen LogP contribution is -2.06. The lowest BCUT2D eigenvalue weighted by molar-refractivity contribution is -0.134. The van der Waals surface area contributed by atoms with Crippen LogP contribution in [0.2, 0.25) is 0 Å². The minimum Gasteiger partial charge on any atom is -0.451 e. The zero-order valence-electron chi connectivity index (χ0n) is 16.4. The summed E-state index contributed by atoms with van der Waals surface area (Å²) in [6.07, 6.45) is 1.93. The topological polar surface area (TPSA) is 40.5 Å². The zero-order valence-corrected chi connectivity index (χ0v) is 16.4. The van der Waals surface area contributed by atoms with E-state index < -0.39 is 5.97 Å². The van der Waals surface area contributed by atoms with Gasteiger partial charge >= 0.3 is 5.97 Å². The van der Waals surface area contributed by atoms with Gasteiger partial charge in [-0.05, 0) is 35.4 Å². The minimum absolute atomic E-state index is 0.397. The maximum absolute atomic E-state index is 11.9. The number of nitrogens with zero attached hydrogens (tertiary/aromatic N) is 1. The summed E-state index contributed by atoms with van der Waals surface area (Å²) in [7, 11) is 0. The van der Waals surface area contributed by atoms with E-state index in [0.717, 1.165) is 28.1 Å². The highest BCUT2D eigenvalue weighted by Gasteiger charge is 2.26. The number of ether oxygens (including phenoxy) is 2. The Morgan fingerprint density at radius 2 is 1.43 bits per heavy atom. The summed E-state index contributed by atoms with van der Waals surface area (Å²) in [5, 5.41) is 0. The van der Waals surface area contributed by atoms with Crippen molar-refractivity contribution < 1.29 is 14.3 Å². The molecule has 0 spiro atoms. The van der Waals surface area contributed by atoms with E-state index in [0.29, 0.717) is 17.3 Å². The molecule has 146 valence electrons. The summed E-state index contributed by atoms with van der Waals surface area (Å²) in [6.45, 7) is 1.40. The summed E-state index contributed by atoms with van der Waals surface area (Å²) in [5.74, 6) is 1.20. The van der Waals surface area contributed by atoms with Crippen LogP contribution < -0.4 is 4.74 Å². The predicted octanol–water partition coefficient (Wildman–Crippen LogP) is 5.93. The fraction of sp³-hybridized carbons (Fsp3) is 0.0385. The average molecular weight is 393 g/mol. The van der Waals surface area contributed by atoms with Gasteiger partial charge in [-0.1, -0.05) is 66.7 Å². The van der Waals surface area contributed by atoms with E-state index in [-0.39, 0.29) is 0 Å². The molecule has 0 amide bonds. The molecule has 0 fully saturated rings. The fourth-order valence-electron chi connectivity index (χ4n) is 3.67. The summed E-state index contributed by atoms with van der Waals surface area (Å²) in [6, 6.07) is 29.9. The van der Waals surface area contributed by atoms with Crippen LogP contribution in [-0.2, 0) is 9.53 Å². The predicted molar refractivity (Wildman–Crippen MR) is 117 cm³/mol. The maximum Gasteiger partial charge on any atom is 0.308 e. The molecule has 4 nitrogen and oxygen atoms in total. The summed E-state index contributed by atoms with van der Waals surface area (Å²) < 4.78 is 14.0. The molecule has 3 aromatic carbocycles. The first-order valence-electron chi connectivity index (χ1n) is 9.74. The van der Waals surface area contributed by atoms with Gasteiger partial charge in [0.25, 0.3) is 0 Å². The summed E-state index contributed by atoms with van der Waals surface area (Å²) in [5.41, 5.74) is 4.72. The van der Waals surface area contributed by atoms with Gasteiger partial charge < -0.3 is 14.0 Å². The molecule has 0 saturated heterocycles. The molecule has 0 aliphatic carbocycles. The summed E-state index contributed by atoms with van der Waals surface area (Å²) in [4.78, 5) is 11.9. The van der Waals surface area contributed by atoms with Crippen LogP contribution in [-0.4, -0.2) is 10.5 Å². The number of aromatic nitrogens is 1. The van der Waals surface area contributed by atoms with Crippen molar-refractivity contribution >= 4 is 17.5 Å². The van der Waals surface area contributed by atoms with Gasteiger partial charge in [0.1, 0.15) is 0 Å². The van der Waals surface area contributed by atoms with Crippen LogP contribution in [0.5, 0.6) is 5.75 Å². The molecule has 2 heterocycles. The molecule has 1 aliphatic rings. The first-order valence-corrected chi connectivity index (χ1v) is 9.74. The van der Waals surface area contributed by atoms with Crippen LogP contribution in [0.1, 0.15) is 18.2 Å². The Labute approximate surface area is 174 Å². The van der Waals surface area contributed by atoms with Crippen molar-refractivity contribution in [1.29, 1.82) is 0 Å². The lowest BCUT2D eigenvalue weighted by atomic mass is 10.0. The second-order valence-electron chi connectivity index (χ2n) is 7.03. The molecule has 4 aromatic rings. The number of para-hydroxylation sites is 2. The van der Waals surface area contributed by atoms with Crippen LogP contribution in [0.3, 0.4) is 0 Å². The first-order chi connectivity index (χ1) is 14.7. The van der Waals surface area contributed by atoms with Gasteiger partial charge in [-0.15, -0.1) is 0 Å². The van der Waals surface area contributed by atoms with Crippen molar-refractivity contribution in [2.24, 2.45) is 0 Å². The third kappa shape index (κ3) is 3.18. The standard InChI is InChI=1S/C26H19NO3/c1-18(28)29-26-23-11-7-17-27(23)22-10-5-6-12-24(22)30-25(26)21-15-13-20(14-16-21)19-8-3-2-4-9-19/h2-17H,1H3. The largest absolute Gasteiger partial charge is 0.451 e. The number of esters is 1. The van der Waals surface area contributed by atoms with Crippen LogP contribution in [0.4, 0.5) is 0 Å². The van der Waals surface area contributed by atoms with E-state index >= 15 is 0 Å². The zero-order chi connectivity index (χ0) is 20.5. The molecular weight excluding hydrogens is 374 g/mol. The molecule has 0 radical (unpaired) electrons. The Morgan fingerprint density at radius 3 is 2.20 bits per heavy atom. The van der Waals surface area contributed by atoms with Crippen molar-refractivity contribution in [2.75, 3.05) is 0 Å². The molecule has 0 bridgehead atoms. The Bertz CT molecular complexity index is 1250. The molecule has 0 unspecified atom stereocenters. The van der Waals surface area contributed by atoms with Crippen molar-refractivity contribution in [3.8, 4) is 22.6 Å². The van der Waals surface area contributed by atoms with E-state index in [9.17, 15) is 4.79 Å². The van der Waals surface area contributed by atoms with Gasteiger partial charge in [0, 0.05) is 18.7 Å². The molecule has 0 atom stereocenters. The fourth-order valence-corrected chi connectivity index (χ4v) is 3.67. The van der Waals surface area contributed by atoms with Crippen molar-refractivity contribution in [3.63, 3.8) is 0 Å². The maximum atomic E-state index is 11.9.